The number of hydrogen-bond acceptors (Lipinski definition) is 6. The smallest absolute Gasteiger partial charge is 0.323 e. The lowest BCUT2D eigenvalue weighted by Gasteiger charge is -2.18. The first-order valence-electron chi connectivity index (χ1n) is 7.00. The largest absolute Gasteiger partial charge is 0.463 e. The fourth-order valence-corrected chi connectivity index (χ4v) is 1.90. The molecule has 0 spiro atoms. The van der Waals surface area contributed by atoms with Gasteiger partial charge in [-0.05, 0) is 24.5 Å². The molecule has 0 saturated carbocycles. The van der Waals surface area contributed by atoms with Gasteiger partial charge in [0.15, 0.2) is 0 Å². The number of anilines is 2. The van der Waals surface area contributed by atoms with E-state index in [-0.39, 0.29) is 12.0 Å². The summed E-state index contributed by atoms with van der Waals surface area (Å²) in [4.78, 5) is 14.4. The van der Waals surface area contributed by atoms with Crippen molar-refractivity contribution in [3.63, 3.8) is 0 Å². The first-order valence-corrected chi connectivity index (χ1v) is 7.00. The van der Waals surface area contributed by atoms with Crippen molar-refractivity contribution in [3.05, 3.63) is 35.4 Å². The molecular weight excluding hydrogens is 266 g/mol. The lowest BCUT2D eigenvalue weighted by molar-refractivity contribution is 0.292. The van der Waals surface area contributed by atoms with E-state index < -0.39 is 0 Å². The van der Waals surface area contributed by atoms with E-state index in [2.05, 4.69) is 34.0 Å². The number of benzene rings is 1. The Morgan fingerprint density at radius 1 is 1.19 bits per heavy atom. The van der Waals surface area contributed by atoms with Crippen LogP contribution in [-0.2, 0) is 6.54 Å². The van der Waals surface area contributed by atoms with E-state index in [0.29, 0.717) is 19.1 Å². The molecule has 0 aliphatic rings. The van der Waals surface area contributed by atoms with Crippen LogP contribution in [0.5, 0.6) is 6.01 Å². The molecule has 0 amide bonds. The lowest BCUT2D eigenvalue weighted by Crippen LogP contribution is -2.21. The third-order valence-electron chi connectivity index (χ3n) is 3.07. The highest BCUT2D eigenvalue weighted by Gasteiger charge is 2.11. The van der Waals surface area contributed by atoms with Crippen molar-refractivity contribution >= 4 is 11.9 Å². The zero-order chi connectivity index (χ0) is 15.2. The molecule has 21 heavy (non-hydrogen) atoms. The predicted molar refractivity (Wildman–Crippen MR) is 83.3 cm³/mol. The maximum Gasteiger partial charge on any atom is 0.323 e. The number of aromatic nitrogens is 3. The molecule has 0 fully saturated rings. The van der Waals surface area contributed by atoms with Crippen LogP contribution >= 0.6 is 0 Å². The molecule has 0 unspecified atom stereocenters. The first-order chi connectivity index (χ1) is 10.1. The highest BCUT2D eigenvalue weighted by Crippen LogP contribution is 2.16. The number of rotatable bonds is 6. The van der Waals surface area contributed by atoms with Gasteiger partial charge in [-0.1, -0.05) is 31.2 Å². The molecule has 1 heterocycles. The van der Waals surface area contributed by atoms with Crippen molar-refractivity contribution in [2.24, 2.45) is 0 Å². The molecule has 1 aromatic heterocycles. The standard InChI is InChI=1S/C15H21N5O/c1-4-9-21-15-18-13(16)17-14(19-15)20(3)10-12-8-6-5-7-11(12)2/h5-8H,4,9-10H2,1-3H3,(H2,16,17,18,19). The summed E-state index contributed by atoms with van der Waals surface area (Å²) in [6.07, 6.45) is 0.889. The minimum absolute atomic E-state index is 0.169. The molecule has 2 N–H and O–H groups in total. The van der Waals surface area contributed by atoms with E-state index in [1.54, 1.807) is 0 Å². The Kier molecular flexibility index (Phi) is 4.92. The summed E-state index contributed by atoms with van der Waals surface area (Å²) in [5.41, 5.74) is 8.17. The van der Waals surface area contributed by atoms with Crippen molar-refractivity contribution < 1.29 is 4.74 Å². The van der Waals surface area contributed by atoms with Crippen LogP contribution in [0.15, 0.2) is 24.3 Å². The summed E-state index contributed by atoms with van der Waals surface area (Å²) in [7, 11) is 1.92. The Hall–Kier alpha value is -2.37. The quantitative estimate of drug-likeness (QED) is 0.877. The van der Waals surface area contributed by atoms with E-state index in [1.165, 1.54) is 11.1 Å². The molecule has 2 rings (SSSR count). The molecule has 1 aromatic carbocycles. The van der Waals surface area contributed by atoms with Crippen LogP contribution in [0.3, 0.4) is 0 Å². The Morgan fingerprint density at radius 3 is 2.67 bits per heavy atom. The summed E-state index contributed by atoms with van der Waals surface area (Å²) >= 11 is 0. The van der Waals surface area contributed by atoms with Crippen molar-refractivity contribution in [2.45, 2.75) is 26.8 Å². The molecule has 0 saturated heterocycles. The van der Waals surface area contributed by atoms with Gasteiger partial charge in [-0.25, -0.2) is 0 Å². The average Bonchev–Trinajstić information content (AvgIpc) is 2.47. The molecule has 0 aliphatic carbocycles. The van der Waals surface area contributed by atoms with Crippen LogP contribution in [0.25, 0.3) is 0 Å². The second-order valence-corrected chi connectivity index (χ2v) is 4.91. The fourth-order valence-electron chi connectivity index (χ4n) is 1.90. The number of nitrogens with zero attached hydrogens (tertiary/aromatic N) is 4. The molecule has 6 heteroatoms. The fraction of sp³-hybridized carbons (Fsp3) is 0.400. The topological polar surface area (TPSA) is 77.2 Å². The maximum atomic E-state index is 5.72. The van der Waals surface area contributed by atoms with E-state index in [0.717, 1.165) is 6.42 Å². The zero-order valence-electron chi connectivity index (χ0n) is 12.7. The van der Waals surface area contributed by atoms with Gasteiger partial charge in [0.2, 0.25) is 11.9 Å². The van der Waals surface area contributed by atoms with Gasteiger partial charge in [-0.3, -0.25) is 0 Å². The Balaban J connectivity index is 2.16. The van der Waals surface area contributed by atoms with Crippen LogP contribution in [-0.4, -0.2) is 28.6 Å². The van der Waals surface area contributed by atoms with Gasteiger partial charge in [-0.2, -0.15) is 15.0 Å². The monoisotopic (exact) mass is 287 g/mol. The van der Waals surface area contributed by atoms with E-state index >= 15 is 0 Å². The summed E-state index contributed by atoms with van der Waals surface area (Å²) in [6.45, 7) is 5.37. The molecular formula is C15H21N5O. The molecule has 112 valence electrons. The second-order valence-electron chi connectivity index (χ2n) is 4.91. The summed E-state index contributed by atoms with van der Waals surface area (Å²) < 4.78 is 5.43. The Labute approximate surface area is 125 Å². The van der Waals surface area contributed by atoms with E-state index in [1.807, 2.05) is 31.0 Å². The van der Waals surface area contributed by atoms with Crippen molar-refractivity contribution in [1.82, 2.24) is 15.0 Å². The lowest BCUT2D eigenvalue weighted by atomic mass is 10.1. The summed E-state index contributed by atoms with van der Waals surface area (Å²) in [5.74, 6) is 0.680. The third kappa shape index (κ3) is 4.05. The highest BCUT2D eigenvalue weighted by molar-refractivity contribution is 5.37. The summed E-state index contributed by atoms with van der Waals surface area (Å²) in [5, 5.41) is 0. The van der Waals surface area contributed by atoms with Crippen molar-refractivity contribution in [1.29, 1.82) is 0 Å². The van der Waals surface area contributed by atoms with Gasteiger partial charge >= 0.3 is 6.01 Å². The van der Waals surface area contributed by atoms with Gasteiger partial charge in [0.05, 0.1) is 6.61 Å². The number of nitrogen functional groups attached to an aromatic ring is 1. The number of hydrogen-bond donors (Lipinski definition) is 1. The van der Waals surface area contributed by atoms with Gasteiger partial charge < -0.3 is 15.4 Å². The maximum absolute atomic E-state index is 5.72. The Morgan fingerprint density at radius 2 is 1.95 bits per heavy atom. The normalized spacial score (nSPS) is 10.4. The van der Waals surface area contributed by atoms with Gasteiger partial charge in [-0.15, -0.1) is 0 Å². The van der Waals surface area contributed by atoms with Crippen LogP contribution in [0.1, 0.15) is 24.5 Å². The minimum atomic E-state index is 0.169. The third-order valence-corrected chi connectivity index (χ3v) is 3.07. The highest BCUT2D eigenvalue weighted by atomic mass is 16.5. The van der Waals surface area contributed by atoms with Crippen molar-refractivity contribution in [3.8, 4) is 6.01 Å². The SMILES string of the molecule is CCCOc1nc(N)nc(N(C)Cc2ccccc2C)n1. The number of ether oxygens (including phenoxy) is 1. The van der Waals surface area contributed by atoms with E-state index in [9.17, 15) is 0 Å². The number of nitrogens with two attached hydrogens (primary N) is 1. The molecule has 0 bridgehead atoms. The van der Waals surface area contributed by atoms with Crippen LogP contribution < -0.4 is 15.4 Å². The Bertz CT molecular complexity index is 602. The average molecular weight is 287 g/mol. The second kappa shape index (κ2) is 6.88. The molecule has 0 radical (unpaired) electrons. The molecule has 0 atom stereocenters. The van der Waals surface area contributed by atoms with E-state index in [4.69, 9.17) is 10.5 Å². The van der Waals surface area contributed by atoms with Gasteiger partial charge in [0.25, 0.3) is 0 Å². The van der Waals surface area contributed by atoms with Gasteiger partial charge in [0.1, 0.15) is 0 Å². The molecule has 6 nitrogen and oxygen atoms in total. The van der Waals surface area contributed by atoms with Crippen LogP contribution in [0, 0.1) is 6.92 Å². The molecule has 2 aromatic rings. The first kappa shape index (κ1) is 15.0. The van der Waals surface area contributed by atoms with Crippen molar-refractivity contribution in [2.75, 3.05) is 24.3 Å². The van der Waals surface area contributed by atoms with Crippen LogP contribution in [0.4, 0.5) is 11.9 Å². The zero-order valence-corrected chi connectivity index (χ0v) is 12.7. The van der Waals surface area contributed by atoms with Crippen LogP contribution in [0.2, 0.25) is 0 Å². The number of aryl methyl sites for hydroxylation is 1. The summed E-state index contributed by atoms with van der Waals surface area (Å²) in [6, 6.07) is 8.49. The predicted octanol–water partition coefficient (Wildman–Crippen LogP) is 2.19. The molecule has 0 aliphatic heterocycles. The minimum Gasteiger partial charge on any atom is -0.463 e. The van der Waals surface area contributed by atoms with Gasteiger partial charge in [0, 0.05) is 13.6 Å².